The molecule has 11 rings (SSSR count). The Morgan fingerprint density at radius 2 is 0.830 bits per heavy atom. The molecule has 0 saturated heterocycles. The predicted octanol–water partition coefficient (Wildman–Crippen LogP) is 11.6. The molecule has 1 aliphatic rings. The second-order valence-corrected chi connectivity index (χ2v) is 13.8. The number of rotatable bonds is 4. The van der Waals surface area contributed by atoms with Gasteiger partial charge >= 0.3 is 0 Å². The van der Waals surface area contributed by atoms with Crippen LogP contribution in [0.4, 0.5) is 0 Å². The van der Waals surface area contributed by atoms with Crippen molar-refractivity contribution >= 4 is 43.6 Å². The van der Waals surface area contributed by atoms with Crippen LogP contribution in [-0.2, 0) is 5.41 Å². The van der Waals surface area contributed by atoms with Crippen LogP contribution in [0.2, 0.25) is 0 Å². The zero-order valence-corrected chi connectivity index (χ0v) is 28.6. The van der Waals surface area contributed by atoms with E-state index in [1.807, 2.05) is 24.5 Å². The van der Waals surface area contributed by atoms with Crippen LogP contribution in [-0.4, -0.2) is 19.9 Å². The molecular weight excluding hydrogens is 645 g/mol. The number of hydrogen-bond donors (Lipinski definition) is 0. The van der Waals surface area contributed by atoms with Gasteiger partial charge in [-0.1, -0.05) is 146 Å². The van der Waals surface area contributed by atoms with Crippen molar-refractivity contribution in [2.24, 2.45) is 0 Å². The first-order valence-corrected chi connectivity index (χ1v) is 18.0. The molecule has 0 radical (unpaired) electrons. The molecule has 4 heterocycles. The number of hydrogen-bond acceptors (Lipinski definition) is 4. The molecule has 0 bridgehead atoms. The lowest BCUT2D eigenvalue weighted by Crippen LogP contribution is -2.29. The van der Waals surface area contributed by atoms with E-state index in [4.69, 9.17) is 19.9 Å². The van der Waals surface area contributed by atoms with E-state index in [1.54, 1.807) is 0 Å². The van der Waals surface area contributed by atoms with Gasteiger partial charge in [-0.05, 0) is 63.2 Å². The molecule has 4 nitrogen and oxygen atoms in total. The highest BCUT2D eigenvalue weighted by atomic mass is 14.8. The Hall–Kier alpha value is -7.04. The van der Waals surface area contributed by atoms with Crippen LogP contribution in [0.5, 0.6) is 0 Å². The van der Waals surface area contributed by atoms with E-state index in [9.17, 15) is 0 Å². The molecule has 0 saturated carbocycles. The summed E-state index contributed by atoms with van der Waals surface area (Å²) in [7, 11) is 0. The summed E-state index contributed by atoms with van der Waals surface area (Å²) in [6.07, 6.45) is 3.70. The van der Waals surface area contributed by atoms with E-state index in [1.165, 1.54) is 22.3 Å². The van der Waals surface area contributed by atoms with Gasteiger partial charge in [0.25, 0.3) is 0 Å². The standard InChI is InChI=1S/C49H30N4/c1-2-14-40(43-27-23-34-19-17-32-9-7-29-50-45(32)47(34)52-43)37(11-1)31-21-25-36(26-22-31)49(41-15-5-3-12-38(41)39-13-4-6-16-42(39)49)44-28-24-35-20-18-33-10-8-30-51-46(33)48(35)53-44/h1-30H. The molecule has 246 valence electrons. The van der Waals surface area contributed by atoms with Crippen molar-refractivity contribution in [3.63, 3.8) is 0 Å². The maximum absolute atomic E-state index is 5.54. The number of benzene rings is 6. The van der Waals surface area contributed by atoms with Crippen LogP contribution in [0.3, 0.4) is 0 Å². The Morgan fingerprint density at radius 1 is 0.340 bits per heavy atom. The van der Waals surface area contributed by atoms with Crippen LogP contribution >= 0.6 is 0 Å². The van der Waals surface area contributed by atoms with E-state index in [2.05, 4.69) is 158 Å². The van der Waals surface area contributed by atoms with Gasteiger partial charge in [-0.15, -0.1) is 0 Å². The molecule has 0 unspecified atom stereocenters. The highest BCUT2D eigenvalue weighted by Crippen LogP contribution is 2.56. The van der Waals surface area contributed by atoms with Gasteiger partial charge in [0.2, 0.25) is 0 Å². The number of aromatic nitrogens is 4. The second kappa shape index (κ2) is 11.5. The van der Waals surface area contributed by atoms with Crippen molar-refractivity contribution in [2.75, 3.05) is 0 Å². The Balaban J connectivity index is 1.11. The van der Waals surface area contributed by atoms with Crippen molar-refractivity contribution in [3.05, 3.63) is 205 Å². The number of nitrogens with zero attached hydrogens (tertiary/aromatic N) is 4. The van der Waals surface area contributed by atoms with Crippen LogP contribution in [0.1, 0.15) is 22.4 Å². The van der Waals surface area contributed by atoms with E-state index in [0.29, 0.717) is 0 Å². The van der Waals surface area contributed by atoms with E-state index in [0.717, 1.165) is 77.3 Å². The fourth-order valence-electron chi connectivity index (χ4n) is 8.63. The SMILES string of the molecule is c1ccc(-c2ccc3ccc4cccnc4c3n2)c(-c2ccc(C3(c4ccc5ccc6cccnc6c5n4)c4ccccc4-c4ccccc43)cc2)c1. The lowest BCUT2D eigenvalue weighted by molar-refractivity contribution is 0.740. The van der Waals surface area contributed by atoms with Crippen LogP contribution in [0.15, 0.2) is 182 Å². The van der Waals surface area contributed by atoms with Crippen molar-refractivity contribution in [2.45, 2.75) is 5.41 Å². The molecule has 6 aromatic carbocycles. The first-order chi connectivity index (χ1) is 26.3. The molecule has 1 aliphatic carbocycles. The van der Waals surface area contributed by atoms with Gasteiger partial charge in [0.05, 0.1) is 38.9 Å². The van der Waals surface area contributed by atoms with Gasteiger partial charge in [0.15, 0.2) is 0 Å². The Kier molecular flexibility index (Phi) is 6.43. The summed E-state index contributed by atoms with van der Waals surface area (Å²) in [6.45, 7) is 0. The third-order valence-electron chi connectivity index (χ3n) is 11.0. The summed E-state index contributed by atoms with van der Waals surface area (Å²) in [5, 5.41) is 4.32. The Bertz CT molecular complexity index is 3030. The molecule has 10 aromatic rings. The van der Waals surface area contributed by atoms with Crippen LogP contribution in [0, 0.1) is 0 Å². The molecule has 4 aromatic heterocycles. The minimum Gasteiger partial charge on any atom is -0.254 e. The highest BCUT2D eigenvalue weighted by Gasteiger charge is 2.47. The maximum Gasteiger partial charge on any atom is 0.0972 e. The summed E-state index contributed by atoms with van der Waals surface area (Å²) >= 11 is 0. The summed E-state index contributed by atoms with van der Waals surface area (Å²) in [5.41, 5.74) is 14.4. The third-order valence-corrected chi connectivity index (χ3v) is 11.0. The minimum absolute atomic E-state index is 0.635. The van der Waals surface area contributed by atoms with E-state index < -0.39 is 5.41 Å². The molecule has 0 spiro atoms. The zero-order valence-electron chi connectivity index (χ0n) is 28.6. The molecule has 0 fully saturated rings. The topological polar surface area (TPSA) is 51.6 Å². The fourth-order valence-corrected chi connectivity index (χ4v) is 8.63. The van der Waals surface area contributed by atoms with Gasteiger partial charge < -0.3 is 0 Å². The van der Waals surface area contributed by atoms with Crippen molar-refractivity contribution in [1.82, 2.24) is 19.9 Å². The fraction of sp³-hybridized carbons (Fsp3) is 0.0204. The molecular formula is C49H30N4. The molecule has 0 atom stereocenters. The molecule has 0 amide bonds. The third kappa shape index (κ3) is 4.36. The smallest absolute Gasteiger partial charge is 0.0972 e. The zero-order chi connectivity index (χ0) is 34.9. The minimum atomic E-state index is -0.635. The molecule has 4 heteroatoms. The summed E-state index contributed by atoms with van der Waals surface area (Å²) in [4.78, 5) is 20.2. The largest absolute Gasteiger partial charge is 0.254 e. The molecule has 53 heavy (non-hydrogen) atoms. The Morgan fingerprint density at radius 3 is 1.45 bits per heavy atom. The Labute approximate surface area is 306 Å². The van der Waals surface area contributed by atoms with Crippen molar-refractivity contribution in [3.8, 4) is 33.5 Å². The van der Waals surface area contributed by atoms with Gasteiger partial charge in [0, 0.05) is 39.5 Å². The average Bonchev–Trinajstić information content (AvgIpc) is 3.54. The summed E-state index contributed by atoms with van der Waals surface area (Å²) in [5.74, 6) is 0. The van der Waals surface area contributed by atoms with E-state index >= 15 is 0 Å². The molecule has 0 N–H and O–H groups in total. The van der Waals surface area contributed by atoms with Gasteiger partial charge in [-0.3, -0.25) is 9.97 Å². The summed E-state index contributed by atoms with van der Waals surface area (Å²) < 4.78 is 0. The van der Waals surface area contributed by atoms with Gasteiger partial charge in [-0.2, -0.15) is 0 Å². The number of fused-ring (bicyclic) bond motifs is 9. The first-order valence-electron chi connectivity index (χ1n) is 18.0. The van der Waals surface area contributed by atoms with Crippen LogP contribution < -0.4 is 0 Å². The second-order valence-electron chi connectivity index (χ2n) is 13.8. The lowest BCUT2D eigenvalue weighted by atomic mass is 9.69. The van der Waals surface area contributed by atoms with E-state index in [-0.39, 0.29) is 0 Å². The lowest BCUT2D eigenvalue weighted by Gasteiger charge is -2.33. The highest BCUT2D eigenvalue weighted by molar-refractivity contribution is 6.04. The average molecular weight is 675 g/mol. The first kappa shape index (κ1) is 29.7. The summed E-state index contributed by atoms with van der Waals surface area (Å²) in [6, 6.07) is 60.6. The van der Waals surface area contributed by atoms with Gasteiger partial charge in [-0.25, -0.2) is 9.97 Å². The number of pyridine rings is 4. The van der Waals surface area contributed by atoms with Crippen LogP contribution in [0.25, 0.3) is 77.1 Å². The maximum atomic E-state index is 5.54. The van der Waals surface area contributed by atoms with Gasteiger partial charge in [0.1, 0.15) is 0 Å². The van der Waals surface area contributed by atoms with Crippen molar-refractivity contribution in [1.29, 1.82) is 0 Å². The normalized spacial score (nSPS) is 13.1. The molecule has 0 aliphatic heterocycles. The monoisotopic (exact) mass is 674 g/mol. The predicted molar refractivity (Wildman–Crippen MR) is 216 cm³/mol. The van der Waals surface area contributed by atoms with Crippen molar-refractivity contribution < 1.29 is 0 Å². The quantitative estimate of drug-likeness (QED) is 0.174.